The molecule has 0 radical (unpaired) electrons. The molecule has 6 nitrogen and oxygen atoms in total. The second kappa shape index (κ2) is 10.9. The molecule has 0 bridgehead atoms. The van der Waals surface area contributed by atoms with Gasteiger partial charge in [0.25, 0.3) is 5.91 Å². The minimum atomic E-state index is -0.0713. The Bertz CT molecular complexity index is 607. The van der Waals surface area contributed by atoms with Gasteiger partial charge in [-0.3, -0.25) is 4.79 Å². The van der Waals surface area contributed by atoms with Crippen molar-refractivity contribution in [2.75, 3.05) is 33.9 Å². The van der Waals surface area contributed by atoms with Gasteiger partial charge in [-0.25, -0.2) is 4.99 Å². The van der Waals surface area contributed by atoms with E-state index in [4.69, 9.17) is 9.73 Å². The van der Waals surface area contributed by atoms with Crippen LogP contribution in [0.5, 0.6) is 0 Å². The number of methoxy groups -OCH3 is 1. The number of benzene rings is 1. The topological polar surface area (TPSA) is 74.8 Å². The first-order valence-electron chi connectivity index (χ1n) is 9.94. The van der Waals surface area contributed by atoms with Gasteiger partial charge in [0, 0.05) is 39.4 Å². The molecule has 3 N–H and O–H groups in total. The van der Waals surface area contributed by atoms with Crippen LogP contribution in [0.1, 0.15) is 54.9 Å². The Balaban J connectivity index is 1.96. The molecule has 27 heavy (non-hydrogen) atoms. The quantitative estimate of drug-likeness (QED) is 0.459. The maximum atomic E-state index is 11.6. The Hall–Kier alpha value is -2.08. The number of hydrogen-bond acceptors (Lipinski definition) is 3. The molecule has 1 aliphatic rings. The number of carbonyl (C=O) groups excluding carboxylic acids is 1. The lowest BCUT2D eigenvalue weighted by atomic mass is 9.83. The number of amides is 1. The summed E-state index contributed by atoms with van der Waals surface area (Å²) >= 11 is 0. The molecule has 2 rings (SSSR count). The first kappa shape index (κ1) is 21.2. The van der Waals surface area contributed by atoms with Crippen molar-refractivity contribution in [3.8, 4) is 0 Å². The minimum Gasteiger partial charge on any atom is -0.385 e. The molecule has 1 aromatic rings. The van der Waals surface area contributed by atoms with Crippen LogP contribution in [-0.4, -0.2) is 45.7 Å². The number of hydrogen-bond donors (Lipinski definition) is 3. The summed E-state index contributed by atoms with van der Waals surface area (Å²) in [4.78, 5) is 16.3. The predicted octanol–water partition coefficient (Wildman–Crippen LogP) is 2.70. The third-order valence-electron chi connectivity index (χ3n) is 5.34. The zero-order valence-corrected chi connectivity index (χ0v) is 16.9. The molecule has 0 atom stereocenters. The smallest absolute Gasteiger partial charge is 0.251 e. The summed E-state index contributed by atoms with van der Waals surface area (Å²) in [5.41, 5.74) is 2.06. The molecule has 0 aliphatic heterocycles. The molecule has 1 amide bonds. The maximum absolute atomic E-state index is 11.6. The van der Waals surface area contributed by atoms with Crippen molar-refractivity contribution in [1.29, 1.82) is 0 Å². The second-order valence-corrected chi connectivity index (χ2v) is 7.27. The summed E-state index contributed by atoms with van der Waals surface area (Å²) in [6, 6.07) is 7.58. The lowest BCUT2D eigenvalue weighted by Crippen LogP contribution is -2.43. The summed E-state index contributed by atoms with van der Waals surface area (Å²) in [7, 11) is 3.41. The highest BCUT2D eigenvalue weighted by molar-refractivity contribution is 5.93. The lowest BCUT2D eigenvalue weighted by molar-refractivity contribution is 0.0963. The SMILES string of the molecule is CCNC(=NCc1ccc(C(=O)NC)cc1)NCC1(CCOC)CCCC1. The Kier molecular flexibility index (Phi) is 8.58. The fraction of sp³-hybridized carbons (Fsp3) is 0.619. The van der Waals surface area contributed by atoms with Crippen LogP contribution in [0.4, 0.5) is 0 Å². The Morgan fingerprint density at radius 2 is 1.89 bits per heavy atom. The third-order valence-corrected chi connectivity index (χ3v) is 5.34. The molecule has 0 saturated heterocycles. The zero-order valence-electron chi connectivity index (χ0n) is 16.9. The van der Waals surface area contributed by atoms with E-state index in [2.05, 4.69) is 22.9 Å². The first-order valence-corrected chi connectivity index (χ1v) is 9.94. The van der Waals surface area contributed by atoms with Gasteiger partial charge in [0.15, 0.2) is 5.96 Å². The summed E-state index contributed by atoms with van der Waals surface area (Å²) in [6.07, 6.45) is 6.21. The van der Waals surface area contributed by atoms with Crippen LogP contribution in [0.3, 0.4) is 0 Å². The van der Waals surface area contributed by atoms with Gasteiger partial charge in [-0.2, -0.15) is 0 Å². The molecule has 1 aliphatic carbocycles. The third kappa shape index (κ3) is 6.54. The number of nitrogens with zero attached hydrogens (tertiary/aromatic N) is 1. The number of guanidine groups is 1. The highest BCUT2D eigenvalue weighted by Gasteiger charge is 2.33. The van der Waals surface area contributed by atoms with Crippen molar-refractivity contribution >= 4 is 11.9 Å². The number of ether oxygens (including phenoxy) is 1. The van der Waals surface area contributed by atoms with Gasteiger partial charge in [0.1, 0.15) is 0 Å². The van der Waals surface area contributed by atoms with Gasteiger partial charge in [-0.05, 0) is 49.3 Å². The van der Waals surface area contributed by atoms with Crippen molar-refractivity contribution in [1.82, 2.24) is 16.0 Å². The van der Waals surface area contributed by atoms with Crippen LogP contribution in [0, 0.1) is 5.41 Å². The highest BCUT2D eigenvalue weighted by atomic mass is 16.5. The molecule has 1 saturated carbocycles. The number of carbonyl (C=O) groups is 1. The van der Waals surface area contributed by atoms with Crippen molar-refractivity contribution < 1.29 is 9.53 Å². The van der Waals surface area contributed by atoms with Crippen LogP contribution in [0.15, 0.2) is 29.3 Å². The minimum absolute atomic E-state index is 0.0713. The van der Waals surface area contributed by atoms with Crippen LogP contribution in [-0.2, 0) is 11.3 Å². The van der Waals surface area contributed by atoms with E-state index in [1.807, 2.05) is 24.3 Å². The number of aliphatic imine (C=N–C) groups is 1. The molecule has 1 aromatic carbocycles. The van der Waals surface area contributed by atoms with Crippen molar-refractivity contribution in [3.63, 3.8) is 0 Å². The normalized spacial score (nSPS) is 16.2. The van der Waals surface area contributed by atoms with Crippen molar-refractivity contribution in [3.05, 3.63) is 35.4 Å². The van der Waals surface area contributed by atoms with E-state index < -0.39 is 0 Å². The Labute approximate surface area is 163 Å². The summed E-state index contributed by atoms with van der Waals surface area (Å²) in [5, 5.41) is 9.51. The fourth-order valence-corrected chi connectivity index (χ4v) is 3.65. The molecule has 6 heteroatoms. The first-order chi connectivity index (χ1) is 13.1. The van der Waals surface area contributed by atoms with E-state index in [0.717, 1.165) is 37.6 Å². The summed E-state index contributed by atoms with van der Waals surface area (Å²) < 4.78 is 5.32. The average molecular weight is 375 g/mol. The van der Waals surface area contributed by atoms with E-state index in [1.54, 1.807) is 14.2 Å². The maximum Gasteiger partial charge on any atom is 0.251 e. The van der Waals surface area contributed by atoms with Crippen LogP contribution in [0.25, 0.3) is 0 Å². The van der Waals surface area contributed by atoms with E-state index in [0.29, 0.717) is 17.5 Å². The van der Waals surface area contributed by atoms with E-state index in [-0.39, 0.29) is 5.91 Å². The van der Waals surface area contributed by atoms with Gasteiger partial charge >= 0.3 is 0 Å². The molecular formula is C21H34N4O2. The molecular weight excluding hydrogens is 340 g/mol. The number of nitrogens with one attached hydrogen (secondary N) is 3. The summed E-state index contributed by atoms with van der Waals surface area (Å²) in [5.74, 6) is 0.773. The zero-order chi connectivity index (χ0) is 19.5. The van der Waals surface area contributed by atoms with E-state index >= 15 is 0 Å². The lowest BCUT2D eigenvalue weighted by Gasteiger charge is -2.30. The van der Waals surface area contributed by atoms with Gasteiger partial charge in [-0.15, -0.1) is 0 Å². The summed E-state index contributed by atoms with van der Waals surface area (Å²) in [6.45, 7) is 5.22. The van der Waals surface area contributed by atoms with Crippen LogP contribution >= 0.6 is 0 Å². The Morgan fingerprint density at radius 1 is 1.19 bits per heavy atom. The molecule has 0 heterocycles. The van der Waals surface area contributed by atoms with Crippen LogP contribution in [0.2, 0.25) is 0 Å². The van der Waals surface area contributed by atoms with Gasteiger partial charge in [0.05, 0.1) is 6.54 Å². The van der Waals surface area contributed by atoms with Crippen molar-refractivity contribution in [2.24, 2.45) is 10.4 Å². The van der Waals surface area contributed by atoms with Gasteiger partial charge in [0.2, 0.25) is 0 Å². The number of rotatable bonds is 9. The average Bonchev–Trinajstić information content (AvgIpc) is 3.17. The molecule has 150 valence electrons. The molecule has 1 fully saturated rings. The van der Waals surface area contributed by atoms with E-state index in [1.165, 1.54) is 25.7 Å². The standard InChI is InChI=1S/C21H34N4O2/c1-4-23-20(25-16-21(13-14-27-3)11-5-6-12-21)24-15-17-7-9-18(10-8-17)19(26)22-2/h7-10H,4-6,11-16H2,1-3H3,(H,22,26)(H2,23,24,25). The molecule has 0 spiro atoms. The van der Waals surface area contributed by atoms with E-state index in [9.17, 15) is 4.79 Å². The largest absolute Gasteiger partial charge is 0.385 e. The molecule has 0 unspecified atom stereocenters. The van der Waals surface area contributed by atoms with Gasteiger partial charge in [-0.1, -0.05) is 25.0 Å². The van der Waals surface area contributed by atoms with Gasteiger partial charge < -0.3 is 20.7 Å². The van der Waals surface area contributed by atoms with Crippen molar-refractivity contribution in [2.45, 2.75) is 45.6 Å². The fourth-order valence-electron chi connectivity index (χ4n) is 3.65. The highest BCUT2D eigenvalue weighted by Crippen LogP contribution is 2.40. The monoisotopic (exact) mass is 374 g/mol. The molecule has 0 aromatic heterocycles. The predicted molar refractivity (Wildman–Crippen MR) is 110 cm³/mol. The Morgan fingerprint density at radius 3 is 2.48 bits per heavy atom. The second-order valence-electron chi connectivity index (χ2n) is 7.27. The van der Waals surface area contributed by atoms with Crippen LogP contribution < -0.4 is 16.0 Å².